The molecule has 0 radical (unpaired) electrons. The van der Waals surface area contributed by atoms with E-state index in [0.717, 1.165) is 32.7 Å². The second kappa shape index (κ2) is 6.46. The Hall–Kier alpha value is -0.570. The predicted octanol–water partition coefficient (Wildman–Crippen LogP) is 3.64. The standard InChI is InChI=1S/C17H24ClNO/c1-13(18)14-6-9-19(10-7-14)12-17-16-5-3-2-4-15(16)8-11-20-17/h2-5,13-14,17H,6-12H2,1H3. The Morgan fingerprint density at radius 3 is 2.80 bits per heavy atom. The summed E-state index contributed by atoms with van der Waals surface area (Å²) in [6.07, 6.45) is 3.75. The van der Waals surface area contributed by atoms with Gasteiger partial charge in [-0.2, -0.15) is 0 Å². The Bertz CT molecular complexity index is 440. The van der Waals surface area contributed by atoms with Crippen LogP contribution >= 0.6 is 11.6 Å². The summed E-state index contributed by atoms with van der Waals surface area (Å²) in [6, 6.07) is 8.73. The van der Waals surface area contributed by atoms with E-state index in [1.165, 1.54) is 24.0 Å². The summed E-state index contributed by atoms with van der Waals surface area (Å²) in [5, 5.41) is 0.309. The van der Waals surface area contributed by atoms with Crippen LogP contribution in [0.2, 0.25) is 0 Å². The highest BCUT2D eigenvalue weighted by molar-refractivity contribution is 6.20. The molecule has 0 saturated carbocycles. The molecule has 0 amide bonds. The van der Waals surface area contributed by atoms with E-state index in [0.29, 0.717) is 11.3 Å². The monoisotopic (exact) mass is 293 g/mol. The van der Waals surface area contributed by atoms with Gasteiger partial charge in [-0.1, -0.05) is 24.3 Å². The largest absolute Gasteiger partial charge is 0.372 e. The molecule has 1 aromatic rings. The van der Waals surface area contributed by atoms with E-state index < -0.39 is 0 Å². The van der Waals surface area contributed by atoms with Crippen LogP contribution in [0.15, 0.2) is 24.3 Å². The molecule has 2 heterocycles. The lowest BCUT2D eigenvalue weighted by molar-refractivity contribution is 0.00864. The second-order valence-electron chi connectivity index (χ2n) is 6.12. The van der Waals surface area contributed by atoms with Gasteiger partial charge in [0, 0.05) is 11.9 Å². The molecule has 0 bridgehead atoms. The van der Waals surface area contributed by atoms with Gasteiger partial charge in [-0.25, -0.2) is 0 Å². The SMILES string of the molecule is CC(Cl)C1CCN(CC2OCCc3ccccc32)CC1. The molecule has 0 aromatic heterocycles. The maximum absolute atomic E-state index is 6.22. The van der Waals surface area contributed by atoms with E-state index >= 15 is 0 Å². The Morgan fingerprint density at radius 2 is 2.05 bits per heavy atom. The molecule has 1 aromatic carbocycles. The number of hydrogen-bond acceptors (Lipinski definition) is 2. The summed E-state index contributed by atoms with van der Waals surface area (Å²) in [5.41, 5.74) is 2.86. The molecule has 2 atom stereocenters. The van der Waals surface area contributed by atoms with Crippen molar-refractivity contribution in [1.29, 1.82) is 0 Å². The molecule has 0 spiro atoms. The van der Waals surface area contributed by atoms with Crippen molar-refractivity contribution in [2.45, 2.75) is 37.7 Å². The molecular formula is C17H24ClNO. The molecule has 20 heavy (non-hydrogen) atoms. The number of likely N-dealkylation sites (tertiary alicyclic amines) is 1. The van der Waals surface area contributed by atoms with Crippen molar-refractivity contribution in [3.8, 4) is 0 Å². The lowest BCUT2D eigenvalue weighted by atomic mass is 9.92. The molecular weight excluding hydrogens is 270 g/mol. The van der Waals surface area contributed by atoms with E-state index in [9.17, 15) is 0 Å². The molecule has 2 unspecified atom stereocenters. The van der Waals surface area contributed by atoms with E-state index in [1.54, 1.807) is 0 Å². The number of rotatable bonds is 3. The topological polar surface area (TPSA) is 12.5 Å². The first kappa shape index (κ1) is 14.4. The first-order valence-corrected chi connectivity index (χ1v) is 8.23. The average molecular weight is 294 g/mol. The van der Waals surface area contributed by atoms with Crippen LogP contribution in [0.1, 0.15) is 37.0 Å². The van der Waals surface area contributed by atoms with Gasteiger partial charge in [0.15, 0.2) is 0 Å². The summed E-state index contributed by atoms with van der Waals surface area (Å²) in [4.78, 5) is 2.54. The smallest absolute Gasteiger partial charge is 0.0954 e. The van der Waals surface area contributed by atoms with Gasteiger partial charge >= 0.3 is 0 Å². The average Bonchev–Trinajstić information content (AvgIpc) is 2.48. The van der Waals surface area contributed by atoms with Gasteiger partial charge in [0.25, 0.3) is 0 Å². The number of halogens is 1. The molecule has 110 valence electrons. The van der Waals surface area contributed by atoms with E-state index in [1.807, 2.05) is 0 Å². The van der Waals surface area contributed by atoms with Crippen LogP contribution in [0, 0.1) is 5.92 Å². The normalized spacial score (nSPS) is 26.2. The van der Waals surface area contributed by atoms with Crippen LogP contribution in [0.5, 0.6) is 0 Å². The summed E-state index contributed by atoms with van der Waals surface area (Å²) in [5.74, 6) is 0.687. The van der Waals surface area contributed by atoms with Crippen LogP contribution in [0.25, 0.3) is 0 Å². The highest BCUT2D eigenvalue weighted by Gasteiger charge is 2.27. The minimum absolute atomic E-state index is 0.255. The van der Waals surface area contributed by atoms with E-state index in [2.05, 4.69) is 36.1 Å². The van der Waals surface area contributed by atoms with Crippen molar-refractivity contribution < 1.29 is 4.74 Å². The second-order valence-corrected chi connectivity index (χ2v) is 6.81. The number of fused-ring (bicyclic) bond motifs is 1. The van der Waals surface area contributed by atoms with E-state index in [4.69, 9.17) is 16.3 Å². The Morgan fingerprint density at radius 1 is 1.30 bits per heavy atom. The van der Waals surface area contributed by atoms with Crippen LogP contribution < -0.4 is 0 Å². The zero-order chi connectivity index (χ0) is 13.9. The van der Waals surface area contributed by atoms with Gasteiger partial charge in [0.05, 0.1) is 12.7 Å². The van der Waals surface area contributed by atoms with Crippen molar-refractivity contribution in [3.63, 3.8) is 0 Å². The molecule has 3 rings (SSSR count). The van der Waals surface area contributed by atoms with Gasteiger partial charge in [-0.05, 0) is 56.3 Å². The van der Waals surface area contributed by atoms with Gasteiger partial charge in [-0.15, -0.1) is 11.6 Å². The van der Waals surface area contributed by atoms with Crippen LogP contribution in [-0.2, 0) is 11.2 Å². The number of nitrogens with zero attached hydrogens (tertiary/aromatic N) is 1. The van der Waals surface area contributed by atoms with E-state index in [-0.39, 0.29) is 6.10 Å². The van der Waals surface area contributed by atoms with Gasteiger partial charge in [0.1, 0.15) is 0 Å². The molecule has 1 saturated heterocycles. The van der Waals surface area contributed by atoms with Crippen LogP contribution in [0.4, 0.5) is 0 Å². The minimum Gasteiger partial charge on any atom is -0.372 e. The molecule has 2 aliphatic heterocycles. The third-order valence-corrected chi connectivity index (χ3v) is 5.15. The number of alkyl halides is 1. The molecule has 2 nitrogen and oxygen atoms in total. The number of benzene rings is 1. The predicted molar refractivity (Wildman–Crippen MR) is 83.3 cm³/mol. The zero-order valence-corrected chi connectivity index (χ0v) is 13.0. The van der Waals surface area contributed by atoms with Crippen molar-refractivity contribution in [1.82, 2.24) is 4.90 Å². The fourth-order valence-corrected chi connectivity index (χ4v) is 3.71. The molecule has 0 N–H and O–H groups in total. The number of piperidine rings is 1. The Kier molecular flexibility index (Phi) is 4.65. The highest BCUT2D eigenvalue weighted by atomic mass is 35.5. The number of hydrogen-bond donors (Lipinski definition) is 0. The van der Waals surface area contributed by atoms with Gasteiger partial charge in [-0.3, -0.25) is 0 Å². The minimum atomic E-state index is 0.255. The maximum Gasteiger partial charge on any atom is 0.0954 e. The van der Waals surface area contributed by atoms with Gasteiger partial charge < -0.3 is 9.64 Å². The zero-order valence-electron chi connectivity index (χ0n) is 12.2. The fraction of sp³-hybridized carbons (Fsp3) is 0.647. The third-order valence-electron chi connectivity index (χ3n) is 4.80. The summed E-state index contributed by atoms with van der Waals surface area (Å²) < 4.78 is 6.01. The quantitative estimate of drug-likeness (QED) is 0.789. The van der Waals surface area contributed by atoms with Crippen LogP contribution in [-0.4, -0.2) is 36.5 Å². The summed E-state index contributed by atoms with van der Waals surface area (Å²) in [6.45, 7) is 6.33. The summed E-state index contributed by atoms with van der Waals surface area (Å²) >= 11 is 6.22. The lowest BCUT2D eigenvalue weighted by Crippen LogP contribution is -2.39. The highest BCUT2D eigenvalue weighted by Crippen LogP contribution is 2.30. The molecule has 2 aliphatic rings. The number of ether oxygens (including phenoxy) is 1. The van der Waals surface area contributed by atoms with Crippen molar-refractivity contribution in [3.05, 3.63) is 35.4 Å². The molecule has 0 aliphatic carbocycles. The van der Waals surface area contributed by atoms with Crippen molar-refractivity contribution >= 4 is 11.6 Å². The lowest BCUT2D eigenvalue weighted by Gasteiger charge is -2.36. The summed E-state index contributed by atoms with van der Waals surface area (Å²) in [7, 11) is 0. The van der Waals surface area contributed by atoms with Gasteiger partial charge in [0.2, 0.25) is 0 Å². The van der Waals surface area contributed by atoms with Crippen molar-refractivity contribution in [2.24, 2.45) is 5.92 Å². The third kappa shape index (κ3) is 3.19. The Labute approximate surface area is 127 Å². The first-order chi connectivity index (χ1) is 9.74. The molecule has 1 fully saturated rings. The maximum atomic E-state index is 6.22. The Balaban J connectivity index is 1.60. The fourth-order valence-electron chi connectivity index (χ4n) is 3.46. The molecule has 3 heteroatoms. The first-order valence-electron chi connectivity index (χ1n) is 7.80. The van der Waals surface area contributed by atoms with Crippen molar-refractivity contribution in [2.75, 3.05) is 26.2 Å². The van der Waals surface area contributed by atoms with Crippen LogP contribution in [0.3, 0.4) is 0 Å².